The van der Waals surface area contributed by atoms with Crippen LogP contribution >= 0.6 is 0 Å². The van der Waals surface area contributed by atoms with E-state index in [2.05, 4.69) is 15.3 Å². The molecule has 1 aliphatic rings. The molecular weight excluding hydrogens is 234 g/mol. The van der Waals surface area contributed by atoms with Crippen molar-refractivity contribution in [2.45, 2.75) is 39.3 Å². The van der Waals surface area contributed by atoms with Crippen LogP contribution < -0.4 is 5.32 Å². The van der Waals surface area contributed by atoms with E-state index in [0.717, 1.165) is 6.42 Å². The second-order valence-corrected chi connectivity index (χ2v) is 5.04. The van der Waals surface area contributed by atoms with Crippen LogP contribution in [-0.4, -0.2) is 36.5 Å². The van der Waals surface area contributed by atoms with Gasteiger partial charge in [-0.2, -0.15) is 0 Å². The van der Waals surface area contributed by atoms with Gasteiger partial charge in [-0.1, -0.05) is 19.0 Å². The summed E-state index contributed by atoms with van der Waals surface area (Å²) < 4.78 is 0. The highest BCUT2D eigenvalue weighted by atomic mass is 16.2. The zero-order valence-corrected chi connectivity index (χ0v) is 11.0. The van der Waals surface area contributed by atoms with Crippen molar-refractivity contribution in [1.82, 2.24) is 10.2 Å². The SMILES string of the molecule is CNC(=O)C(C)(C)CC(N=[N+]=[N-])N1CCCC1=O. The van der Waals surface area contributed by atoms with E-state index in [1.54, 1.807) is 25.8 Å². The van der Waals surface area contributed by atoms with Gasteiger partial charge in [0.2, 0.25) is 11.8 Å². The number of azide groups is 1. The molecule has 0 spiro atoms. The minimum atomic E-state index is -0.684. The summed E-state index contributed by atoms with van der Waals surface area (Å²) in [7, 11) is 1.56. The van der Waals surface area contributed by atoms with Crippen LogP contribution in [0, 0.1) is 5.41 Å². The molecule has 0 aromatic heterocycles. The third-order valence-electron chi connectivity index (χ3n) is 3.19. The largest absolute Gasteiger partial charge is 0.359 e. The maximum absolute atomic E-state index is 11.7. The van der Waals surface area contributed by atoms with Crippen molar-refractivity contribution in [2.24, 2.45) is 10.5 Å². The van der Waals surface area contributed by atoms with Gasteiger partial charge in [-0.05, 0) is 18.4 Å². The molecule has 0 aromatic rings. The molecule has 1 atom stereocenters. The summed E-state index contributed by atoms with van der Waals surface area (Å²) >= 11 is 0. The second-order valence-electron chi connectivity index (χ2n) is 5.04. The second kappa shape index (κ2) is 5.73. The van der Waals surface area contributed by atoms with Gasteiger partial charge >= 0.3 is 0 Å². The lowest BCUT2D eigenvalue weighted by atomic mass is 9.86. The first-order valence-corrected chi connectivity index (χ1v) is 5.98. The Kier molecular flexibility index (Phi) is 4.55. The fourth-order valence-corrected chi connectivity index (χ4v) is 2.14. The van der Waals surface area contributed by atoms with Crippen LogP contribution in [0.5, 0.6) is 0 Å². The Labute approximate surface area is 106 Å². The molecule has 0 aromatic carbocycles. The Morgan fingerprint density at radius 3 is 2.78 bits per heavy atom. The summed E-state index contributed by atoms with van der Waals surface area (Å²) in [4.78, 5) is 27.7. The number of hydrogen-bond donors (Lipinski definition) is 1. The van der Waals surface area contributed by atoms with Gasteiger partial charge in [0.25, 0.3) is 0 Å². The molecule has 1 rings (SSSR count). The monoisotopic (exact) mass is 253 g/mol. The molecule has 1 saturated heterocycles. The number of carbonyl (C=O) groups is 2. The minimum Gasteiger partial charge on any atom is -0.359 e. The van der Waals surface area contributed by atoms with Crippen molar-refractivity contribution in [3.8, 4) is 0 Å². The predicted molar refractivity (Wildman–Crippen MR) is 66.3 cm³/mol. The van der Waals surface area contributed by atoms with E-state index in [9.17, 15) is 9.59 Å². The molecule has 7 heteroatoms. The number of carbonyl (C=O) groups excluding carboxylic acids is 2. The van der Waals surface area contributed by atoms with Crippen LogP contribution in [0.1, 0.15) is 33.1 Å². The van der Waals surface area contributed by atoms with Crippen LogP contribution in [0.25, 0.3) is 10.4 Å². The molecule has 18 heavy (non-hydrogen) atoms. The molecule has 7 nitrogen and oxygen atoms in total. The lowest BCUT2D eigenvalue weighted by Gasteiger charge is -2.31. The minimum absolute atomic E-state index is 0.0138. The number of hydrogen-bond acceptors (Lipinski definition) is 3. The quantitative estimate of drug-likeness (QED) is 0.455. The summed E-state index contributed by atoms with van der Waals surface area (Å²) in [5.74, 6) is -0.146. The van der Waals surface area contributed by atoms with E-state index in [4.69, 9.17) is 5.53 Å². The first kappa shape index (κ1) is 14.3. The lowest BCUT2D eigenvalue weighted by Crippen LogP contribution is -2.42. The summed E-state index contributed by atoms with van der Waals surface area (Å²) in [6.45, 7) is 4.13. The third kappa shape index (κ3) is 3.13. The van der Waals surface area contributed by atoms with E-state index in [-0.39, 0.29) is 11.8 Å². The predicted octanol–water partition coefficient (Wildman–Crippen LogP) is 1.41. The number of nitrogens with one attached hydrogen (secondary N) is 1. The highest BCUT2D eigenvalue weighted by molar-refractivity contribution is 5.82. The Morgan fingerprint density at radius 1 is 1.67 bits per heavy atom. The van der Waals surface area contributed by atoms with Gasteiger partial charge in [0.15, 0.2) is 0 Å². The summed E-state index contributed by atoms with van der Waals surface area (Å²) in [5.41, 5.74) is 7.91. The van der Waals surface area contributed by atoms with E-state index in [1.165, 1.54) is 0 Å². The first-order chi connectivity index (χ1) is 8.42. The van der Waals surface area contributed by atoms with E-state index in [1.807, 2.05) is 0 Å². The average molecular weight is 253 g/mol. The molecule has 1 aliphatic heterocycles. The molecule has 0 saturated carbocycles. The van der Waals surface area contributed by atoms with Crippen LogP contribution in [0.3, 0.4) is 0 Å². The first-order valence-electron chi connectivity index (χ1n) is 5.98. The smallest absolute Gasteiger partial charge is 0.225 e. The highest BCUT2D eigenvalue weighted by Crippen LogP contribution is 2.28. The molecule has 1 heterocycles. The molecule has 1 unspecified atom stereocenters. The average Bonchev–Trinajstić information content (AvgIpc) is 2.73. The van der Waals surface area contributed by atoms with Gasteiger partial charge in [-0.15, -0.1) is 0 Å². The van der Waals surface area contributed by atoms with Crippen molar-refractivity contribution in [1.29, 1.82) is 0 Å². The maximum atomic E-state index is 11.7. The van der Waals surface area contributed by atoms with Crippen molar-refractivity contribution in [2.75, 3.05) is 13.6 Å². The normalized spacial score (nSPS) is 17.3. The Balaban J connectivity index is 2.83. The molecule has 1 fully saturated rings. The van der Waals surface area contributed by atoms with E-state index < -0.39 is 11.6 Å². The standard InChI is InChI=1S/C11H19N5O2/c1-11(2,10(18)13-3)7-8(14-15-12)16-6-4-5-9(16)17/h8H,4-7H2,1-3H3,(H,13,18). The van der Waals surface area contributed by atoms with Gasteiger partial charge in [0.05, 0.1) is 0 Å². The zero-order chi connectivity index (χ0) is 13.8. The van der Waals surface area contributed by atoms with Crippen molar-refractivity contribution >= 4 is 11.8 Å². The Bertz CT molecular complexity index is 387. The lowest BCUT2D eigenvalue weighted by molar-refractivity contribution is -0.134. The molecular formula is C11H19N5O2. The topological polar surface area (TPSA) is 98.2 Å². The fraction of sp³-hybridized carbons (Fsp3) is 0.818. The summed E-state index contributed by atoms with van der Waals surface area (Å²) in [6, 6.07) is 0. The van der Waals surface area contributed by atoms with Crippen molar-refractivity contribution in [3.63, 3.8) is 0 Å². The maximum Gasteiger partial charge on any atom is 0.225 e. The number of rotatable bonds is 5. The third-order valence-corrected chi connectivity index (χ3v) is 3.19. The molecule has 0 bridgehead atoms. The summed E-state index contributed by atoms with van der Waals surface area (Å²) in [5, 5.41) is 6.24. The van der Waals surface area contributed by atoms with Gasteiger partial charge in [0.1, 0.15) is 6.17 Å². The van der Waals surface area contributed by atoms with Crippen LogP contribution in [0.2, 0.25) is 0 Å². The van der Waals surface area contributed by atoms with Gasteiger partial charge < -0.3 is 10.2 Å². The fourth-order valence-electron chi connectivity index (χ4n) is 2.14. The number of likely N-dealkylation sites (tertiary alicyclic amines) is 1. The number of amides is 2. The molecule has 0 radical (unpaired) electrons. The number of nitrogens with zero attached hydrogens (tertiary/aromatic N) is 4. The summed E-state index contributed by atoms with van der Waals surface area (Å²) in [6.07, 6.45) is 0.995. The highest BCUT2D eigenvalue weighted by Gasteiger charge is 2.35. The Morgan fingerprint density at radius 2 is 2.33 bits per heavy atom. The van der Waals surface area contributed by atoms with Gasteiger partial charge in [-0.25, -0.2) is 0 Å². The molecule has 2 amide bonds. The van der Waals surface area contributed by atoms with Crippen molar-refractivity contribution in [3.05, 3.63) is 10.4 Å². The Hall–Kier alpha value is -1.75. The van der Waals surface area contributed by atoms with Crippen LogP contribution in [-0.2, 0) is 9.59 Å². The van der Waals surface area contributed by atoms with Gasteiger partial charge in [0, 0.05) is 30.3 Å². The van der Waals surface area contributed by atoms with Crippen LogP contribution in [0.15, 0.2) is 5.11 Å². The van der Waals surface area contributed by atoms with Crippen LogP contribution in [0.4, 0.5) is 0 Å². The van der Waals surface area contributed by atoms with E-state index in [0.29, 0.717) is 19.4 Å². The molecule has 1 N–H and O–H groups in total. The zero-order valence-electron chi connectivity index (χ0n) is 11.0. The van der Waals surface area contributed by atoms with Gasteiger partial charge in [-0.3, -0.25) is 9.59 Å². The molecule has 0 aliphatic carbocycles. The van der Waals surface area contributed by atoms with Crippen molar-refractivity contribution < 1.29 is 9.59 Å². The molecule has 100 valence electrons. The van der Waals surface area contributed by atoms with E-state index >= 15 is 0 Å².